The highest BCUT2D eigenvalue weighted by Gasteiger charge is 2.44. The van der Waals surface area contributed by atoms with Crippen LogP contribution in [0.5, 0.6) is 0 Å². The van der Waals surface area contributed by atoms with E-state index in [1.165, 1.54) is 11.1 Å². The van der Waals surface area contributed by atoms with Gasteiger partial charge in [0.05, 0.1) is 6.67 Å². The van der Waals surface area contributed by atoms with Crippen molar-refractivity contribution in [2.24, 2.45) is 0 Å². The first-order valence-electron chi connectivity index (χ1n) is 8.67. The predicted octanol–water partition coefficient (Wildman–Crippen LogP) is 0.881. The van der Waals surface area contributed by atoms with E-state index in [1.54, 1.807) is 6.92 Å². The topological polar surface area (TPSA) is 64.2 Å². The van der Waals surface area contributed by atoms with Gasteiger partial charge in [-0.15, -0.1) is 0 Å². The number of hydrogen-bond acceptors (Lipinski definition) is 5. The Morgan fingerprint density at radius 1 is 0.880 bits per heavy atom. The van der Waals surface area contributed by atoms with Gasteiger partial charge in [0.25, 0.3) is 0 Å². The molecule has 25 heavy (non-hydrogen) atoms. The van der Waals surface area contributed by atoms with Crippen LogP contribution in [0.2, 0.25) is 0 Å². The maximum absolute atomic E-state index is 12.1. The van der Waals surface area contributed by atoms with Gasteiger partial charge in [-0.2, -0.15) is 0 Å². The summed E-state index contributed by atoms with van der Waals surface area (Å²) in [7, 11) is 0. The van der Waals surface area contributed by atoms with Crippen molar-refractivity contribution in [2.75, 3.05) is 39.4 Å². The zero-order valence-corrected chi connectivity index (χ0v) is 14.8. The quantitative estimate of drug-likeness (QED) is 0.586. The van der Waals surface area contributed by atoms with E-state index in [-0.39, 0.29) is 13.2 Å². The Morgan fingerprint density at radius 2 is 1.48 bits per heavy atom. The molecule has 2 aliphatic heterocycles. The summed E-state index contributed by atoms with van der Waals surface area (Å²) < 4.78 is 0. The lowest BCUT2D eigenvalue weighted by molar-refractivity contribution is -0.144. The number of likely N-dealkylation sites (N-methyl/N-ethyl adjacent to an activating group) is 1. The van der Waals surface area contributed by atoms with Crippen LogP contribution in [-0.4, -0.2) is 76.8 Å². The van der Waals surface area contributed by atoms with Crippen molar-refractivity contribution in [1.29, 1.82) is 0 Å². The molecule has 134 valence electrons. The number of piperazine rings is 1. The van der Waals surface area contributed by atoms with Crippen LogP contribution < -0.4 is 0 Å². The fraction of sp³-hybridized carbons (Fsp3) is 0.500. The third-order valence-electron chi connectivity index (χ3n) is 4.91. The molecule has 1 aromatic carbocycles. The summed E-state index contributed by atoms with van der Waals surface area (Å²) in [6.45, 7) is 8.41. The molecule has 0 bridgehead atoms. The molecule has 2 heterocycles. The molecule has 0 unspecified atom stereocenters. The fourth-order valence-electron chi connectivity index (χ4n) is 3.27. The third-order valence-corrected chi connectivity index (χ3v) is 4.91. The van der Waals surface area contributed by atoms with Crippen molar-refractivity contribution in [3.63, 3.8) is 0 Å². The summed E-state index contributed by atoms with van der Waals surface area (Å²) in [6, 6.07) is 7.86. The predicted molar refractivity (Wildman–Crippen MR) is 92.5 cm³/mol. The Hall–Kier alpha value is -2.25. The number of imide groups is 2. The first-order valence-corrected chi connectivity index (χ1v) is 8.67. The highest BCUT2D eigenvalue weighted by Crippen LogP contribution is 2.15. The summed E-state index contributed by atoms with van der Waals surface area (Å²) in [4.78, 5) is 42.4. The average Bonchev–Trinajstić information content (AvgIpc) is 2.81. The molecule has 7 nitrogen and oxygen atoms in total. The maximum atomic E-state index is 12.1. The molecule has 2 saturated heterocycles. The van der Waals surface area contributed by atoms with Gasteiger partial charge in [-0.3, -0.25) is 24.3 Å². The van der Waals surface area contributed by atoms with E-state index < -0.39 is 17.8 Å². The number of hydrogen-bond donors (Lipinski definition) is 0. The van der Waals surface area contributed by atoms with Crippen LogP contribution in [0, 0.1) is 6.92 Å². The molecule has 2 fully saturated rings. The number of amides is 4. The second-order valence-corrected chi connectivity index (χ2v) is 6.53. The van der Waals surface area contributed by atoms with E-state index in [4.69, 9.17) is 0 Å². The van der Waals surface area contributed by atoms with Crippen molar-refractivity contribution in [2.45, 2.75) is 20.4 Å². The lowest BCUT2D eigenvalue weighted by Crippen LogP contribution is -2.51. The first-order chi connectivity index (χ1) is 12.0. The lowest BCUT2D eigenvalue weighted by atomic mass is 10.1. The summed E-state index contributed by atoms with van der Waals surface area (Å²) >= 11 is 0. The molecule has 0 spiro atoms. The van der Waals surface area contributed by atoms with Crippen molar-refractivity contribution < 1.29 is 14.4 Å². The molecule has 0 N–H and O–H groups in total. The molecule has 2 aliphatic rings. The van der Waals surface area contributed by atoms with E-state index in [0.29, 0.717) is 0 Å². The minimum atomic E-state index is -0.717. The van der Waals surface area contributed by atoms with Gasteiger partial charge in [0.2, 0.25) is 0 Å². The smallest absolute Gasteiger partial charge is 0.297 e. The third kappa shape index (κ3) is 3.57. The number of aryl methyl sites for hydroxylation is 1. The van der Waals surface area contributed by atoms with E-state index >= 15 is 0 Å². The Morgan fingerprint density at radius 3 is 2.08 bits per heavy atom. The van der Waals surface area contributed by atoms with E-state index in [2.05, 4.69) is 34.9 Å². The molecule has 4 amide bonds. The van der Waals surface area contributed by atoms with Crippen molar-refractivity contribution in [3.8, 4) is 0 Å². The summed E-state index contributed by atoms with van der Waals surface area (Å²) in [5.41, 5.74) is 2.61. The zero-order valence-electron chi connectivity index (χ0n) is 14.8. The fourth-order valence-corrected chi connectivity index (χ4v) is 3.27. The van der Waals surface area contributed by atoms with Crippen LogP contribution in [0.15, 0.2) is 24.3 Å². The molecule has 1 aromatic rings. The number of carbonyl (C=O) groups excluding carboxylic acids is 3. The van der Waals surface area contributed by atoms with Crippen LogP contribution in [-0.2, 0) is 16.1 Å². The minimum Gasteiger partial charge on any atom is -0.297 e. The largest absolute Gasteiger partial charge is 0.335 e. The van der Waals surface area contributed by atoms with Gasteiger partial charge in [-0.1, -0.05) is 24.3 Å². The van der Waals surface area contributed by atoms with Gasteiger partial charge in [0.1, 0.15) is 0 Å². The van der Waals surface area contributed by atoms with Crippen LogP contribution in [0.1, 0.15) is 18.1 Å². The van der Waals surface area contributed by atoms with Crippen molar-refractivity contribution >= 4 is 17.8 Å². The normalized spacial score (nSPS) is 20.0. The molecule has 0 radical (unpaired) electrons. The van der Waals surface area contributed by atoms with Gasteiger partial charge >= 0.3 is 17.8 Å². The van der Waals surface area contributed by atoms with Gasteiger partial charge in [0.15, 0.2) is 0 Å². The minimum absolute atomic E-state index is 0.193. The summed E-state index contributed by atoms with van der Waals surface area (Å²) in [6.07, 6.45) is 0. The first kappa shape index (κ1) is 17.6. The highest BCUT2D eigenvalue weighted by atomic mass is 16.2. The van der Waals surface area contributed by atoms with Crippen molar-refractivity contribution in [3.05, 3.63) is 35.4 Å². The Bertz CT molecular complexity index is 683. The SMILES string of the molecule is CCN1C(=O)C(=O)N(CN2CCN(Cc3ccccc3C)CC2)C1=O. The van der Waals surface area contributed by atoms with Crippen LogP contribution >= 0.6 is 0 Å². The molecular weight excluding hydrogens is 320 g/mol. The van der Waals surface area contributed by atoms with Gasteiger partial charge in [-0.05, 0) is 25.0 Å². The zero-order chi connectivity index (χ0) is 18.0. The highest BCUT2D eigenvalue weighted by molar-refractivity contribution is 6.44. The molecule has 3 rings (SSSR count). The van der Waals surface area contributed by atoms with Gasteiger partial charge in [0, 0.05) is 39.3 Å². The summed E-state index contributed by atoms with van der Waals surface area (Å²) in [5.74, 6) is -1.43. The van der Waals surface area contributed by atoms with E-state index in [1.807, 2.05) is 6.07 Å². The number of carbonyl (C=O) groups is 3. The Labute approximate surface area is 147 Å². The van der Waals surface area contributed by atoms with Crippen LogP contribution in [0.3, 0.4) is 0 Å². The average molecular weight is 344 g/mol. The molecule has 0 aromatic heterocycles. The molecular formula is C18H24N4O3. The number of rotatable bonds is 5. The van der Waals surface area contributed by atoms with Gasteiger partial charge < -0.3 is 0 Å². The maximum Gasteiger partial charge on any atom is 0.335 e. The van der Waals surface area contributed by atoms with Crippen LogP contribution in [0.4, 0.5) is 4.79 Å². The number of nitrogens with zero attached hydrogens (tertiary/aromatic N) is 4. The lowest BCUT2D eigenvalue weighted by Gasteiger charge is -2.36. The van der Waals surface area contributed by atoms with Crippen molar-refractivity contribution in [1.82, 2.24) is 19.6 Å². The standard InChI is InChI=1S/C18H24N4O3/c1-3-21-16(23)17(24)22(18(21)25)13-20-10-8-19(9-11-20)12-15-7-5-4-6-14(15)2/h4-7H,3,8-13H2,1-2H3. The molecule has 0 atom stereocenters. The van der Waals surface area contributed by atoms with E-state index in [9.17, 15) is 14.4 Å². The van der Waals surface area contributed by atoms with Crippen LogP contribution in [0.25, 0.3) is 0 Å². The molecule has 0 saturated carbocycles. The van der Waals surface area contributed by atoms with Gasteiger partial charge in [-0.25, -0.2) is 9.69 Å². The Balaban J connectivity index is 1.53. The monoisotopic (exact) mass is 344 g/mol. The summed E-state index contributed by atoms with van der Waals surface area (Å²) in [5, 5.41) is 0. The van der Waals surface area contributed by atoms with E-state index in [0.717, 1.165) is 42.5 Å². The molecule has 0 aliphatic carbocycles. The second kappa shape index (κ2) is 7.33. The molecule has 7 heteroatoms. The second-order valence-electron chi connectivity index (χ2n) is 6.53. The number of urea groups is 1. The Kier molecular flexibility index (Phi) is 5.15. The number of benzene rings is 1.